The molecule has 1 rings (SSSR count). The van der Waals surface area contributed by atoms with Crippen LogP contribution in [0.4, 0.5) is 4.79 Å². The molecule has 0 bridgehead atoms. The molecule has 0 aromatic heterocycles. The van der Waals surface area contributed by atoms with Crippen molar-refractivity contribution in [1.29, 1.82) is 0 Å². The molecule has 3 unspecified atom stereocenters. The molecule has 0 aliphatic carbocycles. The van der Waals surface area contributed by atoms with Gasteiger partial charge in [-0.15, -0.1) is 0 Å². The minimum Gasteiger partial charge on any atom is -0.508 e. The summed E-state index contributed by atoms with van der Waals surface area (Å²) < 4.78 is 10.00. The number of aromatic hydroxyl groups is 1. The number of hydrogen-bond acceptors (Lipinski definition) is 7. The van der Waals surface area contributed by atoms with Crippen molar-refractivity contribution in [3.8, 4) is 5.75 Å². The molecule has 3 N–H and O–H groups in total. The molecular weight excluding hydrogens is 466 g/mol. The fourth-order valence-corrected chi connectivity index (χ4v) is 3.52. The molecule has 202 valence electrons. The summed E-state index contributed by atoms with van der Waals surface area (Å²) in [6.07, 6.45) is -0.172. The Morgan fingerprint density at radius 1 is 1.03 bits per heavy atom. The zero-order chi connectivity index (χ0) is 27.8. The minimum absolute atomic E-state index is 0.00909. The van der Waals surface area contributed by atoms with Crippen molar-refractivity contribution >= 4 is 23.9 Å². The van der Waals surface area contributed by atoms with Crippen LogP contribution in [0.15, 0.2) is 24.3 Å². The van der Waals surface area contributed by atoms with Gasteiger partial charge in [0.15, 0.2) is 0 Å². The summed E-state index contributed by atoms with van der Waals surface area (Å²) in [4.78, 5) is 53.2. The zero-order valence-electron chi connectivity index (χ0n) is 22.8. The second-order valence-corrected chi connectivity index (χ2v) is 10.7. The Hall–Kier alpha value is -3.30. The number of phenolic OH excluding ortho intramolecular Hbond substituents is 1. The van der Waals surface area contributed by atoms with Crippen molar-refractivity contribution in [2.24, 2.45) is 5.92 Å². The van der Waals surface area contributed by atoms with E-state index in [1.54, 1.807) is 41.5 Å². The molecule has 36 heavy (non-hydrogen) atoms. The number of benzene rings is 1. The average molecular weight is 508 g/mol. The Kier molecular flexibility index (Phi) is 10.8. The molecule has 0 radical (unpaired) electrons. The first-order chi connectivity index (χ1) is 16.5. The van der Waals surface area contributed by atoms with Crippen LogP contribution in [0.5, 0.6) is 5.75 Å². The molecule has 0 heterocycles. The molecule has 10 nitrogen and oxygen atoms in total. The number of nitrogens with zero attached hydrogens (tertiary/aromatic N) is 1. The summed E-state index contributed by atoms with van der Waals surface area (Å²) in [6, 6.07) is 3.72. The van der Waals surface area contributed by atoms with Gasteiger partial charge in [0.05, 0.1) is 7.11 Å². The van der Waals surface area contributed by atoms with Crippen LogP contribution in [0.25, 0.3) is 0 Å². The molecule has 10 heteroatoms. The molecule has 0 saturated carbocycles. The molecule has 0 fully saturated rings. The van der Waals surface area contributed by atoms with Crippen LogP contribution in [0.3, 0.4) is 0 Å². The lowest BCUT2D eigenvalue weighted by Gasteiger charge is -2.43. The number of rotatable bonds is 9. The first-order valence-corrected chi connectivity index (χ1v) is 12.0. The number of amides is 3. The van der Waals surface area contributed by atoms with E-state index in [0.717, 1.165) is 0 Å². The Balaban J connectivity index is 3.56. The highest BCUT2D eigenvalue weighted by molar-refractivity contribution is 5.93. The number of carbonyl (C=O) groups excluding carboxylic acids is 4. The highest BCUT2D eigenvalue weighted by atomic mass is 16.6. The molecule has 0 spiro atoms. The molecule has 1 aromatic carbocycles. The second kappa shape index (κ2) is 12.6. The van der Waals surface area contributed by atoms with Crippen molar-refractivity contribution in [3.05, 3.63) is 29.8 Å². The zero-order valence-corrected chi connectivity index (χ0v) is 22.8. The summed E-state index contributed by atoms with van der Waals surface area (Å²) in [5, 5.41) is 15.0. The van der Waals surface area contributed by atoms with E-state index in [2.05, 4.69) is 15.4 Å². The lowest BCUT2D eigenvalue weighted by Crippen LogP contribution is -2.60. The first kappa shape index (κ1) is 30.7. The van der Waals surface area contributed by atoms with Gasteiger partial charge in [0.2, 0.25) is 11.8 Å². The van der Waals surface area contributed by atoms with Crippen molar-refractivity contribution in [3.63, 3.8) is 0 Å². The third-order valence-corrected chi connectivity index (χ3v) is 5.46. The van der Waals surface area contributed by atoms with Crippen molar-refractivity contribution in [2.45, 2.75) is 85.0 Å². The fourth-order valence-electron chi connectivity index (χ4n) is 3.52. The molecule has 0 saturated heterocycles. The molecule has 3 atom stereocenters. The number of ether oxygens (including phenoxy) is 2. The highest BCUT2D eigenvalue weighted by Gasteiger charge is 2.43. The van der Waals surface area contributed by atoms with Crippen LogP contribution < -0.4 is 10.6 Å². The summed E-state index contributed by atoms with van der Waals surface area (Å²) >= 11 is 0. The number of phenols is 1. The van der Waals surface area contributed by atoms with Crippen molar-refractivity contribution < 1.29 is 33.8 Å². The molecule has 0 aliphatic rings. The predicted molar refractivity (Wildman–Crippen MR) is 135 cm³/mol. The Morgan fingerprint density at radius 3 is 2.03 bits per heavy atom. The van der Waals surface area contributed by atoms with Crippen LogP contribution >= 0.6 is 0 Å². The third kappa shape index (κ3) is 9.05. The average Bonchev–Trinajstić information content (AvgIpc) is 2.76. The minimum atomic E-state index is -1.17. The van der Waals surface area contributed by atoms with Gasteiger partial charge in [0.1, 0.15) is 30.0 Å². The van der Waals surface area contributed by atoms with E-state index >= 15 is 0 Å². The van der Waals surface area contributed by atoms with Gasteiger partial charge in [0.25, 0.3) is 0 Å². The van der Waals surface area contributed by atoms with Crippen LogP contribution in [-0.2, 0) is 23.9 Å². The number of hydrogen-bond donors (Lipinski definition) is 3. The monoisotopic (exact) mass is 507 g/mol. The van der Waals surface area contributed by atoms with E-state index in [1.807, 2.05) is 13.8 Å². The SMILES string of the molecule is CCC(C)C(NC(=O)OC(C)(C)C)C(=O)N(C(C(=O)NCC(=O)OC)c1ccc(O)cc1)C(C)(C)C. The first-order valence-electron chi connectivity index (χ1n) is 12.0. The standard InChI is InChI=1S/C26H41N3O7/c1-10-16(2)20(28-24(34)36-26(6,7)8)23(33)29(25(3,4)5)21(17-11-13-18(30)14-12-17)22(32)27-15-19(31)35-9/h11-14,16,20-21,30H,10,15H2,1-9H3,(H,27,32)(H,28,34). The van der Waals surface area contributed by atoms with Crippen LogP contribution in [0.2, 0.25) is 0 Å². The van der Waals surface area contributed by atoms with E-state index in [-0.39, 0.29) is 18.2 Å². The van der Waals surface area contributed by atoms with Crippen LogP contribution in [-0.4, -0.2) is 64.7 Å². The Labute approximate surface area is 213 Å². The Bertz CT molecular complexity index is 917. The largest absolute Gasteiger partial charge is 0.508 e. The van der Waals surface area contributed by atoms with E-state index in [1.165, 1.54) is 36.3 Å². The van der Waals surface area contributed by atoms with Crippen LogP contribution in [0, 0.1) is 5.92 Å². The normalized spacial score (nSPS) is 14.1. The second-order valence-electron chi connectivity index (χ2n) is 10.7. The van der Waals surface area contributed by atoms with E-state index in [9.17, 15) is 24.3 Å². The Morgan fingerprint density at radius 2 is 1.58 bits per heavy atom. The number of esters is 1. The summed E-state index contributed by atoms with van der Waals surface area (Å²) in [5.74, 6) is -2.05. The van der Waals surface area contributed by atoms with E-state index in [4.69, 9.17) is 4.74 Å². The summed E-state index contributed by atoms with van der Waals surface area (Å²) in [5.41, 5.74) is -1.23. The van der Waals surface area contributed by atoms with Gasteiger partial charge in [-0.05, 0) is 65.2 Å². The lowest BCUT2D eigenvalue weighted by molar-refractivity contribution is -0.150. The maximum Gasteiger partial charge on any atom is 0.408 e. The smallest absolute Gasteiger partial charge is 0.408 e. The summed E-state index contributed by atoms with van der Waals surface area (Å²) in [6.45, 7) is 13.8. The number of carbonyl (C=O) groups is 4. The van der Waals surface area contributed by atoms with Gasteiger partial charge in [-0.2, -0.15) is 0 Å². The molecule has 1 aromatic rings. The third-order valence-electron chi connectivity index (χ3n) is 5.46. The molecule has 0 aliphatic heterocycles. The van der Waals surface area contributed by atoms with Gasteiger partial charge in [-0.1, -0.05) is 32.4 Å². The fraction of sp³-hybridized carbons (Fsp3) is 0.615. The summed E-state index contributed by atoms with van der Waals surface area (Å²) in [7, 11) is 1.20. The highest BCUT2D eigenvalue weighted by Crippen LogP contribution is 2.32. The topological polar surface area (TPSA) is 134 Å². The van der Waals surface area contributed by atoms with Gasteiger partial charge < -0.3 is 30.1 Å². The van der Waals surface area contributed by atoms with E-state index < -0.39 is 47.1 Å². The predicted octanol–water partition coefficient (Wildman–Crippen LogP) is 3.29. The molecule has 3 amide bonds. The quantitative estimate of drug-likeness (QED) is 0.437. The maximum atomic E-state index is 14.1. The van der Waals surface area contributed by atoms with E-state index in [0.29, 0.717) is 12.0 Å². The maximum absolute atomic E-state index is 14.1. The lowest BCUT2D eigenvalue weighted by atomic mass is 9.91. The number of alkyl carbamates (subject to hydrolysis) is 1. The molecular formula is C26H41N3O7. The van der Waals surface area contributed by atoms with Gasteiger partial charge >= 0.3 is 12.1 Å². The van der Waals surface area contributed by atoms with Crippen molar-refractivity contribution in [1.82, 2.24) is 15.5 Å². The van der Waals surface area contributed by atoms with Gasteiger partial charge in [0, 0.05) is 5.54 Å². The van der Waals surface area contributed by atoms with Gasteiger partial charge in [-0.3, -0.25) is 14.4 Å². The number of nitrogens with one attached hydrogen (secondary N) is 2. The van der Waals surface area contributed by atoms with Crippen LogP contribution in [0.1, 0.15) is 73.4 Å². The van der Waals surface area contributed by atoms with Gasteiger partial charge in [-0.25, -0.2) is 4.79 Å². The number of methoxy groups -OCH3 is 1. The van der Waals surface area contributed by atoms with Crippen molar-refractivity contribution in [2.75, 3.05) is 13.7 Å².